The SMILES string of the molecule is C[C@H]1NC(=O)c2ccccc2N(CC(=O)NCc2cccc(Cl)c2)C1=O. The summed E-state index contributed by atoms with van der Waals surface area (Å²) in [6, 6.07) is 13.2. The lowest BCUT2D eigenvalue weighted by Crippen LogP contribution is -2.47. The van der Waals surface area contributed by atoms with Gasteiger partial charge in [0.05, 0.1) is 11.3 Å². The van der Waals surface area contributed by atoms with Crippen molar-refractivity contribution in [1.29, 1.82) is 0 Å². The Morgan fingerprint density at radius 3 is 2.73 bits per heavy atom. The maximum Gasteiger partial charge on any atom is 0.254 e. The molecule has 3 rings (SSSR count). The van der Waals surface area contributed by atoms with Gasteiger partial charge in [-0.1, -0.05) is 35.9 Å². The summed E-state index contributed by atoms with van der Waals surface area (Å²) in [6.45, 7) is 1.73. The van der Waals surface area contributed by atoms with E-state index in [9.17, 15) is 14.4 Å². The first-order valence-corrected chi connectivity index (χ1v) is 8.56. The zero-order valence-corrected chi connectivity index (χ0v) is 14.9. The van der Waals surface area contributed by atoms with Crippen molar-refractivity contribution in [1.82, 2.24) is 10.6 Å². The number of fused-ring (bicyclic) bond motifs is 1. The first-order chi connectivity index (χ1) is 12.5. The number of carbonyl (C=O) groups is 3. The quantitative estimate of drug-likeness (QED) is 0.864. The molecule has 6 nitrogen and oxygen atoms in total. The van der Waals surface area contributed by atoms with Gasteiger partial charge in [0.25, 0.3) is 5.91 Å². The summed E-state index contributed by atoms with van der Waals surface area (Å²) >= 11 is 5.93. The highest BCUT2D eigenvalue weighted by Crippen LogP contribution is 2.23. The third kappa shape index (κ3) is 3.86. The molecule has 0 saturated heterocycles. The third-order valence-electron chi connectivity index (χ3n) is 4.10. The molecule has 0 aliphatic carbocycles. The minimum atomic E-state index is -0.712. The number of halogens is 1. The molecular formula is C19H18ClN3O3. The molecule has 1 heterocycles. The van der Waals surface area contributed by atoms with Crippen molar-refractivity contribution in [3.63, 3.8) is 0 Å². The molecule has 1 aliphatic rings. The Hall–Kier alpha value is -2.86. The van der Waals surface area contributed by atoms with E-state index in [2.05, 4.69) is 10.6 Å². The molecule has 2 N–H and O–H groups in total. The van der Waals surface area contributed by atoms with Gasteiger partial charge in [0.2, 0.25) is 11.8 Å². The van der Waals surface area contributed by atoms with Crippen LogP contribution in [0.3, 0.4) is 0 Å². The van der Waals surface area contributed by atoms with Crippen molar-refractivity contribution in [2.75, 3.05) is 11.4 Å². The summed E-state index contributed by atoms with van der Waals surface area (Å²) in [7, 11) is 0. The molecule has 7 heteroatoms. The maximum absolute atomic E-state index is 12.6. The monoisotopic (exact) mass is 371 g/mol. The van der Waals surface area contributed by atoms with Crippen LogP contribution in [0.5, 0.6) is 0 Å². The fourth-order valence-corrected chi connectivity index (χ4v) is 3.01. The van der Waals surface area contributed by atoms with Gasteiger partial charge in [-0.25, -0.2) is 0 Å². The highest BCUT2D eigenvalue weighted by atomic mass is 35.5. The molecule has 0 saturated carbocycles. The summed E-state index contributed by atoms with van der Waals surface area (Å²) in [6.07, 6.45) is 0. The zero-order valence-electron chi connectivity index (χ0n) is 14.2. The molecule has 134 valence electrons. The molecule has 0 aromatic heterocycles. The van der Waals surface area contributed by atoms with Gasteiger partial charge in [-0.05, 0) is 36.8 Å². The van der Waals surface area contributed by atoms with E-state index in [1.807, 2.05) is 6.07 Å². The van der Waals surface area contributed by atoms with Crippen LogP contribution in [0, 0.1) is 0 Å². The molecule has 0 fully saturated rings. The second-order valence-corrected chi connectivity index (χ2v) is 6.48. The number of nitrogens with one attached hydrogen (secondary N) is 2. The molecule has 1 atom stereocenters. The van der Waals surface area contributed by atoms with Crippen molar-refractivity contribution in [3.05, 3.63) is 64.7 Å². The van der Waals surface area contributed by atoms with E-state index in [0.29, 0.717) is 22.8 Å². The van der Waals surface area contributed by atoms with Crippen LogP contribution in [0.25, 0.3) is 0 Å². The maximum atomic E-state index is 12.6. The Morgan fingerprint density at radius 2 is 1.96 bits per heavy atom. The second kappa shape index (κ2) is 7.58. The average Bonchev–Trinajstić information content (AvgIpc) is 2.71. The van der Waals surface area contributed by atoms with E-state index in [-0.39, 0.29) is 24.3 Å². The normalized spacial score (nSPS) is 16.5. The van der Waals surface area contributed by atoms with Gasteiger partial charge in [-0.2, -0.15) is 0 Å². The van der Waals surface area contributed by atoms with E-state index in [4.69, 9.17) is 11.6 Å². The number of hydrogen-bond acceptors (Lipinski definition) is 3. The smallest absolute Gasteiger partial charge is 0.254 e. The molecule has 1 aliphatic heterocycles. The molecule has 0 unspecified atom stereocenters. The topological polar surface area (TPSA) is 78.5 Å². The van der Waals surface area contributed by atoms with Crippen molar-refractivity contribution in [3.8, 4) is 0 Å². The van der Waals surface area contributed by atoms with Crippen molar-refractivity contribution in [2.24, 2.45) is 0 Å². The number of rotatable bonds is 4. The van der Waals surface area contributed by atoms with Crippen LogP contribution in [-0.4, -0.2) is 30.3 Å². The van der Waals surface area contributed by atoms with E-state index in [1.165, 1.54) is 4.90 Å². The first-order valence-electron chi connectivity index (χ1n) is 8.18. The second-order valence-electron chi connectivity index (χ2n) is 6.04. The Balaban J connectivity index is 1.76. The van der Waals surface area contributed by atoms with Crippen LogP contribution < -0.4 is 15.5 Å². The highest BCUT2D eigenvalue weighted by Gasteiger charge is 2.32. The van der Waals surface area contributed by atoms with Gasteiger partial charge in [0.1, 0.15) is 12.6 Å². The predicted molar refractivity (Wildman–Crippen MR) is 99.0 cm³/mol. The number of anilines is 1. The number of benzene rings is 2. The molecular weight excluding hydrogens is 354 g/mol. The minimum Gasteiger partial charge on any atom is -0.350 e. The molecule has 26 heavy (non-hydrogen) atoms. The molecule has 0 radical (unpaired) electrons. The van der Waals surface area contributed by atoms with Crippen molar-refractivity contribution in [2.45, 2.75) is 19.5 Å². The summed E-state index contributed by atoms with van der Waals surface area (Å²) in [5.74, 6) is -0.987. The van der Waals surface area contributed by atoms with Gasteiger partial charge in [0.15, 0.2) is 0 Å². The fourth-order valence-electron chi connectivity index (χ4n) is 2.80. The van der Waals surface area contributed by atoms with Crippen LogP contribution in [0.4, 0.5) is 5.69 Å². The predicted octanol–water partition coefficient (Wildman–Crippen LogP) is 2.12. The summed E-state index contributed by atoms with van der Waals surface area (Å²) in [5.41, 5.74) is 1.66. The Bertz CT molecular complexity index is 869. The van der Waals surface area contributed by atoms with Crippen LogP contribution >= 0.6 is 11.6 Å². The van der Waals surface area contributed by atoms with Gasteiger partial charge in [-0.15, -0.1) is 0 Å². The fraction of sp³-hybridized carbons (Fsp3) is 0.211. The lowest BCUT2D eigenvalue weighted by Gasteiger charge is -2.23. The number of hydrogen-bond donors (Lipinski definition) is 2. The minimum absolute atomic E-state index is 0.171. The largest absolute Gasteiger partial charge is 0.350 e. The molecule has 2 aromatic carbocycles. The summed E-state index contributed by atoms with van der Waals surface area (Å²) < 4.78 is 0. The zero-order chi connectivity index (χ0) is 18.7. The number of carbonyl (C=O) groups excluding carboxylic acids is 3. The van der Waals surface area contributed by atoms with Crippen molar-refractivity contribution < 1.29 is 14.4 Å². The van der Waals surface area contributed by atoms with E-state index >= 15 is 0 Å². The molecule has 0 spiro atoms. The third-order valence-corrected chi connectivity index (χ3v) is 4.34. The number of para-hydroxylation sites is 1. The van der Waals surface area contributed by atoms with E-state index in [0.717, 1.165) is 5.56 Å². The highest BCUT2D eigenvalue weighted by molar-refractivity contribution is 6.30. The van der Waals surface area contributed by atoms with Crippen LogP contribution in [0.2, 0.25) is 5.02 Å². The Morgan fingerprint density at radius 1 is 1.19 bits per heavy atom. The average molecular weight is 372 g/mol. The molecule has 0 bridgehead atoms. The number of nitrogens with zero attached hydrogens (tertiary/aromatic N) is 1. The standard InChI is InChI=1S/C19H18ClN3O3/c1-12-19(26)23(16-8-3-2-7-15(16)18(25)22-12)11-17(24)21-10-13-5-4-6-14(20)9-13/h2-9,12H,10-11H2,1H3,(H,21,24)(H,22,25)/t12-/m1/s1. The van der Waals surface area contributed by atoms with Crippen molar-refractivity contribution >= 4 is 35.0 Å². The summed E-state index contributed by atoms with van der Waals surface area (Å²) in [4.78, 5) is 38.6. The lowest BCUT2D eigenvalue weighted by atomic mass is 10.1. The molecule has 3 amide bonds. The van der Waals surface area contributed by atoms with Crippen LogP contribution in [0.1, 0.15) is 22.8 Å². The van der Waals surface area contributed by atoms with Gasteiger partial charge in [-0.3, -0.25) is 14.4 Å². The van der Waals surface area contributed by atoms with Gasteiger partial charge >= 0.3 is 0 Å². The van der Waals surface area contributed by atoms with Crippen LogP contribution in [-0.2, 0) is 16.1 Å². The Labute approximate surface area is 156 Å². The lowest BCUT2D eigenvalue weighted by molar-refractivity contribution is -0.124. The summed E-state index contributed by atoms with van der Waals surface area (Å²) in [5, 5.41) is 6.00. The first kappa shape index (κ1) is 17.9. The van der Waals surface area contributed by atoms with Crippen LogP contribution in [0.15, 0.2) is 48.5 Å². The van der Waals surface area contributed by atoms with E-state index < -0.39 is 6.04 Å². The van der Waals surface area contributed by atoms with E-state index in [1.54, 1.807) is 49.4 Å². The van der Waals surface area contributed by atoms with Gasteiger partial charge in [0, 0.05) is 11.6 Å². The van der Waals surface area contributed by atoms with Gasteiger partial charge < -0.3 is 15.5 Å². The Kier molecular flexibility index (Phi) is 5.23. The number of amides is 3. The molecule has 2 aromatic rings.